The molecule has 0 unspecified atom stereocenters. The second-order valence-electron chi connectivity index (χ2n) is 4.82. The van der Waals surface area contributed by atoms with Gasteiger partial charge in [0.15, 0.2) is 0 Å². The Morgan fingerprint density at radius 1 is 1.13 bits per heavy atom. The highest BCUT2D eigenvalue weighted by Crippen LogP contribution is 2.52. The Hall–Kier alpha value is -1.25. The monoisotopic (exact) mass is 374 g/mol. The second kappa shape index (κ2) is 5.99. The van der Waals surface area contributed by atoms with Gasteiger partial charge in [0.05, 0.1) is 6.54 Å². The molecule has 128 valence electrons. The molecule has 23 heavy (non-hydrogen) atoms. The lowest BCUT2D eigenvalue weighted by Crippen LogP contribution is -2.52. The van der Waals surface area contributed by atoms with Crippen LogP contribution in [0.4, 0.5) is 23.2 Å². The third-order valence-corrected chi connectivity index (χ3v) is 3.90. The summed E-state index contributed by atoms with van der Waals surface area (Å²) in [7, 11) is 1.59. The van der Waals surface area contributed by atoms with E-state index in [1.54, 1.807) is 7.05 Å². The number of rotatable bonds is 4. The zero-order valence-corrected chi connectivity index (χ0v) is 13.3. The van der Waals surface area contributed by atoms with Gasteiger partial charge in [-0.1, -0.05) is 12.1 Å². The molecule has 2 rings (SSSR count). The molecule has 0 aliphatic carbocycles. The Labute approximate surface area is 139 Å². The highest BCUT2D eigenvalue weighted by molar-refractivity contribution is 6.26. The zero-order chi connectivity index (χ0) is 17.5. The average Bonchev–Trinajstić information content (AvgIpc) is 2.97. The van der Waals surface area contributed by atoms with Crippen molar-refractivity contribution in [2.24, 2.45) is 4.99 Å². The maximum atomic E-state index is 13.4. The summed E-state index contributed by atoms with van der Waals surface area (Å²) in [4.78, 5) is 5.54. The third kappa shape index (κ3) is 3.20. The number of nitrogens with zero attached hydrogens (tertiary/aromatic N) is 2. The topological polar surface area (TPSA) is 45.1 Å². The van der Waals surface area contributed by atoms with E-state index in [0.717, 1.165) is 12.1 Å². The van der Waals surface area contributed by atoms with Crippen molar-refractivity contribution >= 4 is 34.9 Å². The van der Waals surface area contributed by atoms with Crippen molar-refractivity contribution in [2.45, 2.75) is 16.4 Å². The van der Waals surface area contributed by atoms with E-state index in [4.69, 9.17) is 4.74 Å². The van der Waals surface area contributed by atoms with Crippen LogP contribution in [0.15, 0.2) is 29.3 Å². The fourth-order valence-electron chi connectivity index (χ4n) is 2.05. The molecule has 0 saturated carbocycles. The van der Waals surface area contributed by atoms with Crippen LogP contribution in [0.2, 0.25) is 0 Å². The lowest BCUT2D eigenvalue weighted by Gasteiger charge is -2.35. The highest BCUT2D eigenvalue weighted by atomic mass is 35.5. The fraction of sp³-hybridized carbons (Fsp3) is 0.462. The van der Waals surface area contributed by atoms with Gasteiger partial charge >= 0.3 is 10.8 Å². The second-order valence-corrected chi connectivity index (χ2v) is 5.77. The van der Waals surface area contributed by atoms with Crippen LogP contribution < -0.4 is 4.90 Å². The van der Waals surface area contributed by atoms with Crippen molar-refractivity contribution in [2.75, 3.05) is 25.1 Å². The smallest absolute Gasteiger partial charge is 0.361 e. The molecule has 4 nitrogen and oxygen atoms in total. The van der Waals surface area contributed by atoms with Gasteiger partial charge in [-0.05, 0) is 40.9 Å². The molecule has 0 amide bonds. The molecule has 0 spiro atoms. The number of halogens is 6. The number of aliphatic imine (C=N–C) groups is 1. The lowest BCUT2D eigenvalue weighted by atomic mass is 9.93. The van der Waals surface area contributed by atoms with Crippen molar-refractivity contribution in [1.29, 1.82) is 0 Å². The summed E-state index contributed by atoms with van der Waals surface area (Å²) < 4.78 is 58.7. The van der Waals surface area contributed by atoms with Gasteiger partial charge in [-0.25, -0.2) is 4.99 Å². The van der Waals surface area contributed by atoms with Crippen LogP contribution in [0.25, 0.3) is 0 Å². The molecule has 1 aliphatic heterocycles. The van der Waals surface area contributed by atoms with Crippen molar-refractivity contribution in [3.05, 3.63) is 29.8 Å². The number of aliphatic hydroxyl groups is 1. The quantitative estimate of drug-likeness (QED) is 0.649. The van der Waals surface area contributed by atoms with Gasteiger partial charge in [-0.15, -0.1) is 0 Å². The van der Waals surface area contributed by atoms with Crippen molar-refractivity contribution in [3.8, 4) is 0 Å². The van der Waals surface area contributed by atoms with E-state index >= 15 is 0 Å². The van der Waals surface area contributed by atoms with Crippen molar-refractivity contribution in [3.63, 3.8) is 0 Å². The first-order valence-electron chi connectivity index (χ1n) is 6.36. The first kappa shape index (κ1) is 18.1. The van der Waals surface area contributed by atoms with E-state index in [-0.39, 0.29) is 0 Å². The highest BCUT2D eigenvalue weighted by Gasteiger charge is 2.67. The molecule has 1 aromatic carbocycles. The lowest BCUT2D eigenvalue weighted by molar-refractivity contribution is -0.224. The van der Waals surface area contributed by atoms with Crippen molar-refractivity contribution in [1.82, 2.24) is 0 Å². The zero-order valence-electron chi connectivity index (χ0n) is 11.7. The average molecular weight is 375 g/mol. The molecule has 0 saturated heterocycles. The Morgan fingerprint density at radius 3 is 2.04 bits per heavy atom. The summed E-state index contributed by atoms with van der Waals surface area (Å²) >= 11 is 9.34. The molecule has 0 fully saturated rings. The minimum absolute atomic E-state index is 0.304. The summed E-state index contributed by atoms with van der Waals surface area (Å²) in [5.74, 6) is 0. The van der Waals surface area contributed by atoms with Gasteiger partial charge in [-0.2, -0.15) is 17.6 Å². The molecule has 0 bridgehead atoms. The molecular formula is C13H12Cl2F4N2O2. The van der Waals surface area contributed by atoms with Crippen LogP contribution in [0.1, 0.15) is 5.56 Å². The van der Waals surface area contributed by atoms with E-state index in [0.29, 0.717) is 24.9 Å². The molecule has 1 aliphatic rings. The number of ether oxygens (including phenoxy) is 1. The number of hydrogen-bond donors (Lipinski definition) is 1. The van der Waals surface area contributed by atoms with E-state index in [9.17, 15) is 22.7 Å². The van der Waals surface area contributed by atoms with Crippen LogP contribution in [0, 0.1) is 0 Å². The standard InChI is InChI=1S/C13H12Cl2F4N2O2/c1-21(10-20-6-7-23-10)9-4-2-8(3-5-9)11(22,12(14,16)17)13(15,18)19/h2-5,22H,6-7H2,1H3. The fourth-order valence-corrected chi connectivity index (χ4v) is 2.56. The van der Waals surface area contributed by atoms with Gasteiger partial charge in [0.1, 0.15) is 6.61 Å². The number of hydrogen-bond acceptors (Lipinski definition) is 4. The normalized spacial score (nSPS) is 16.1. The third-order valence-electron chi connectivity index (χ3n) is 3.35. The SMILES string of the molecule is CN(C1=NCCO1)c1ccc(C(O)(C(F)(F)Cl)C(F)(F)Cl)cc1. The molecular weight excluding hydrogens is 363 g/mol. The van der Waals surface area contributed by atoms with Crippen LogP contribution in [0.5, 0.6) is 0 Å². The van der Waals surface area contributed by atoms with Crippen LogP contribution in [0.3, 0.4) is 0 Å². The van der Waals surface area contributed by atoms with Crippen molar-refractivity contribution < 1.29 is 27.4 Å². The Morgan fingerprint density at radius 2 is 1.65 bits per heavy atom. The summed E-state index contributed by atoms with van der Waals surface area (Å²) in [6.07, 6.45) is 0. The first-order valence-corrected chi connectivity index (χ1v) is 7.11. The molecule has 1 N–H and O–H groups in total. The van der Waals surface area contributed by atoms with Gasteiger partial charge in [0.25, 0.3) is 6.02 Å². The van der Waals surface area contributed by atoms with E-state index in [1.807, 2.05) is 0 Å². The van der Waals surface area contributed by atoms with E-state index in [1.165, 1.54) is 17.0 Å². The largest absolute Gasteiger partial charge is 0.463 e. The van der Waals surface area contributed by atoms with Gasteiger partial charge in [0.2, 0.25) is 5.60 Å². The van der Waals surface area contributed by atoms with Crippen LogP contribution >= 0.6 is 23.2 Å². The minimum Gasteiger partial charge on any atom is -0.463 e. The first-order chi connectivity index (χ1) is 10.5. The molecule has 1 aromatic rings. The van der Waals surface area contributed by atoms with Crippen LogP contribution in [-0.4, -0.2) is 42.1 Å². The number of benzene rings is 1. The molecule has 10 heteroatoms. The number of alkyl halides is 6. The van der Waals surface area contributed by atoms with Gasteiger partial charge in [0, 0.05) is 12.7 Å². The van der Waals surface area contributed by atoms with E-state index in [2.05, 4.69) is 28.2 Å². The number of anilines is 1. The Kier molecular flexibility index (Phi) is 4.71. The summed E-state index contributed by atoms with van der Waals surface area (Å²) in [5.41, 5.74) is -4.47. The van der Waals surface area contributed by atoms with Gasteiger partial charge in [-0.3, -0.25) is 4.90 Å². The Balaban J connectivity index is 2.37. The molecule has 0 radical (unpaired) electrons. The molecule has 0 aromatic heterocycles. The maximum Gasteiger partial charge on any atom is 0.361 e. The van der Waals surface area contributed by atoms with E-state index < -0.39 is 21.9 Å². The summed E-state index contributed by atoms with van der Waals surface area (Å²) in [6, 6.07) is 4.53. The number of amidine groups is 1. The van der Waals surface area contributed by atoms with Crippen LogP contribution in [-0.2, 0) is 10.3 Å². The summed E-state index contributed by atoms with van der Waals surface area (Å²) in [5, 5.41) is 0.390. The maximum absolute atomic E-state index is 13.4. The predicted molar refractivity (Wildman–Crippen MR) is 78.6 cm³/mol. The Bertz CT molecular complexity index is 585. The minimum atomic E-state index is -4.69. The van der Waals surface area contributed by atoms with Gasteiger partial charge < -0.3 is 9.84 Å². The molecule has 1 heterocycles. The molecule has 0 atom stereocenters. The predicted octanol–water partition coefficient (Wildman–Crippen LogP) is 3.36. The summed E-state index contributed by atoms with van der Waals surface area (Å²) in [6.45, 7) is 0.892.